The van der Waals surface area contributed by atoms with Gasteiger partial charge in [-0.1, -0.05) is 12.1 Å². The van der Waals surface area contributed by atoms with Crippen molar-refractivity contribution in [1.82, 2.24) is 4.98 Å². The number of hydrogen-bond acceptors (Lipinski definition) is 3. The van der Waals surface area contributed by atoms with Crippen molar-refractivity contribution in [1.29, 1.82) is 5.26 Å². The third kappa shape index (κ3) is 2.62. The summed E-state index contributed by atoms with van der Waals surface area (Å²) in [6.07, 6.45) is -5.43. The van der Waals surface area contributed by atoms with Gasteiger partial charge in [0, 0.05) is 12.8 Å². The van der Waals surface area contributed by atoms with Crippen molar-refractivity contribution in [3.63, 3.8) is 0 Å². The predicted molar refractivity (Wildman–Crippen MR) is 57.5 cm³/mol. The number of benzene rings is 1. The molecule has 0 amide bonds. The molecule has 6 heteroatoms. The first kappa shape index (κ1) is 12.4. The second kappa shape index (κ2) is 4.69. The Morgan fingerprint density at radius 3 is 2.67 bits per heavy atom. The van der Waals surface area contributed by atoms with Crippen molar-refractivity contribution in [2.24, 2.45) is 5.92 Å². The Bertz CT molecular complexity index is 550. The van der Waals surface area contributed by atoms with Crippen molar-refractivity contribution in [3.05, 3.63) is 30.2 Å². The molecule has 18 heavy (non-hydrogen) atoms. The summed E-state index contributed by atoms with van der Waals surface area (Å²) in [4.78, 5) is 3.97. The van der Waals surface area contributed by atoms with Gasteiger partial charge in [0.2, 0.25) is 0 Å². The highest BCUT2D eigenvalue weighted by Crippen LogP contribution is 2.31. The Morgan fingerprint density at radius 2 is 2.06 bits per heavy atom. The van der Waals surface area contributed by atoms with Crippen LogP contribution < -0.4 is 0 Å². The zero-order valence-electron chi connectivity index (χ0n) is 9.24. The molecular formula is C12H9F3N2O. The van der Waals surface area contributed by atoms with Crippen LogP contribution in [-0.2, 0) is 6.42 Å². The van der Waals surface area contributed by atoms with Gasteiger partial charge in [0.15, 0.2) is 11.5 Å². The third-order valence-corrected chi connectivity index (χ3v) is 2.56. The number of para-hydroxylation sites is 2. The first-order chi connectivity index (χ1) is 8.50. The molecule has 1 atom stereocenters. The smallest absolute Gasteiger partial charge is 0.393 e. The number of hydrogen-bond donors (Lipinski definition) is 0. The largest absolute Gasteiger partial charge is 0.441 e. The molecule has 3 nitrogen and oxygen atoms in total. The van der Waals surface area contributed by atoms with Crippen molar-refractivity contribution < 1.29 is 17.6 Å². The molecule has 0 radical (unpaired) electrons. The molecule has 0 fully saturated rings. The quantitative estimate of drug-likeness (QED) is 0.842. The SMILES string of the molecule is N#CC[C@@H](Cc1nc2ccccc2o1)C(F)(F)F. The molecule has 0 saturated heterocycles. The lowest BCUT2D eigenvalue weighted by atomic mass is 10.0. The van der Waals surface area contributed by atoms with E-state index in [0.29, 0.717) is 11.1 Å². The molecule has 1 heterocycles. The molecule has 0 saturated carbocycles. The molecule has 1 aromatic heterocycles. The summed E-state index contributed by atoms with van der Waals surface area (Å²) in [5.41, 5.74) is 0.968. The van der Waals surface area contributed by atoms with E-state index < -0.39 is 24.9 Å². The summed E-state index contributed by atoms with van der Waals surface area (Å²) >= 11 is 0. The number of nitrogens with zero attached hydrogens (tertiary/aromatic N) is 2. The number of fused-ring (bicyclic) bond motifs is 1. The topological polar surface area (TPSA) is 49.8 Å². The summed E-state index contributed by atoms with van der Waals surface area (Å²) in [6.45, 7) is 0. The van der Waals surface area contributed by atoms with Crippen LogP contribution in [0.25, 0.3) is 11.1 Å². The highest BCUT2D eigenvalue weighted by Gasteiger charge is 2.40. The van der Waals surface area contributed by atoms with Crippen molar-refractivity contribution in [2.75, 3.05) is 0 Å². The zero-order valence-corrected chi connectivity index (χ0v) is 9.24. The van der Waals surface area contributed by atoms with Crippen LogP contribution in [0.1, 0.15) is 12.3 Å². The minimum atomic E-state index is -4.42. The van der Waals surface area contributed by atoms with Crippen LogP contribution in [-0.4, -0.2) is 11.2 Å². The number of halogens is 3. The molecule has 0 aliphatic rings. The minimum absolute atomic E-state index is 0.00813. The second-order valence-electron chi connectivity index (χ2n) is 3.88. The lowest BCUT2D eigenvalue weighted by Crippen LogP contribution is -2.24. The molecule has 0 N–H and O–H groups in total. The number of aromatic nitrogens is 1. The van der Waals surface area contributed by atoms with Gasteiger partial charge in [0.05, 0.1) is 12.0 Å². The highest BCUT2D eigenvalue weighted by molar-refractivity contribution is 5.72. The van der Waals surface area contributed by atoms with Crippen molar-refractivity contribution in [3.8, 4) is 6.07 Å². The van der Waals surface area contributed by atoms with Crippen molar-refractivity contribution >= 4 is 11.1 Å². The maximum absolute atomic E-state index is 12.6. The summed E-state index contributed by atoms with van der Waals surface area (Å²) in [6, 6.07) is 8.28. The van der Waals surface area contributed by atoms with E-state index in [1.165, 1.54) is 6.07 Å². The standard InChI is InChI=1S/C12H9F3N2O/c13-12(14,15)8(5-6-16)7-11-17-9-3-1-2-4-10(9)18-11/h1-4,8H,5,7H2/t8-/m0/s1. The van der Waals surface area contributed by atoms with Crippen LogP contribution in [0.2, 0.25) is 0 Å². The van der Waals surface area contributed by atoms with Crippen LogP contribution in [0.4, 0.5) is 13.2 Å². The Balaban J connectivity index is 2.24. The number of oxazole rings is 1. The van der Waals surface area contributed by atoms with E-state index in [1.54, 1.807) is 24.3 Å². The zero-order chi connectivity index (χ0) is 13.2. The van der Waals surface area contributed by atoms with Gasteiger partial charge in [0.25, 0.3) is 0 Å². The van der Waals surface area contributed by atoms with Crippen LogP contribution in [0.5, 0.6) is 0 Å². The van der Waals surface area contributed by atoms with E-state index in [9.17, 15) is 13.2 Å². The molecule has 1 aromatic carbocycles. The van der Waals surface area contributed by atoms with Gasteiger partial charge in [0.1, 0.15) is 5.52 Å². The summed E-state index contributed by atoms with van der Waals surface area (Å²) in [5, 5.41) is 8.42. The van der Waals surface area contributed by atoms with E-state index >= 15 is 0 Å². The van der Waals surface area contributed by atoms with Crippen molar-refractivity contribution in [2.45, 2.75) is 19.0 Å². The van der Waals surface area contributed by atoms with E-state index in [1.807, 2.05) is 0 Å². The predicted octanol–water partition coefficient (Wildman–Crippen LogP) is 3.46. The van der Waals surface area contributed by atoms with Crippen LogP contribution in [0.15, 0.2) is 28.7 Å². The van der Waals surface area contributed by atoms with Crippen LogP contribution >= 0.6 is 0 Å². The summed E-state index contributed by atoms with van der Waals surface area (Å²) in [7, 11) is 0. The van der Waals surface area contributed by atoms with E-state index in [0.717, 1.165) is 0 Å². The van der Waals surface area contributed by atoms with Gasteiger partial charge >= 0.3 is 6.18 Å². The molecule has 0 bridgehead atoms. The van der Waals surface area contributed by atoms with Gasteiger partial charge in [-0.25, -0.2) is 4.98 Å². The Labute approximate surface area is 101 Å². The van der Waals surface area contributed by atoms with E-state index in [4.69, 9.17) is 9.68 Å². The minimum Gasteiger partial charge on any atom is -0.441 e. The fourth-order valence-corrected chi connectivity index (χ4v) is 1.63. The number of alkyl halides is 3. The molecule has 2 aromatic rings. The monoisotopic (exact) mass is 254 g/mol. The maximum Gasteiger partial charge on any atom is 0.393 e. The van der Waals surface area contributed by atoms with Gasteiger partial charge < -0.3 is 4.42 Å². The Morgan fingerprint density at radius 1 is 1.33 bits per heavy atom. The highest BCUT2D eigenvalue weighted by atomic mass is 19.4. The fourth-order valence-electron chi connectivity index (χ4n) is 1.63. The molecule has 94 valence electrons. The van der Waals surface area contributed by atoms with Gasteiger partial charge in [-0.3, -0.25) is 0 Å². The molecule has 0 aliphatic carbocycles. The van der Waals surface area contributed by atoms with Crippen LogP contribution in [0.3, 0.4) is 0 Å². The summed E-state index contributed by atoms with van der Waals surface area (Å²) in [5.74, 6) is -1.73. The molecular weight excluding hydrogens is 245 g/mol. The maximum atomic E-state index is 12.6. The van der Waals surface area contributed by atoms with Crippen LogP contribution in [0, 0.1) is 17.2 Å². The Hall–Kier alpha value is -2.03. The van der Waals surface area contributed by atoms with Gasteiger partial charge in [-0.05, 0) is 12.1 Å². The average molecular weight is 254 g/mol. The van der Waals surface area contributed by atoms with E-state index in [-0.39, 0.29) is 5.89 Å². The lowest BCUT2D eigenvalue weighted by Gasteiger charge is -2.15. The lowest BCUT2D eigenvalue weighted by molar-refractivity contribution is -0.173. The Kier molecular flexibility index (Phi) is 3.24. The third-order valence-electron chi connectivity index (χ3n) is 2.56. The molecule has 2 rings (SSSR count). The molecule has 0 spiro atoms. The van der Waals surface area contributed by atoms with Gasteiger partial charge in [-0.2, -0.15) is 18.4 Å². The number of nitriles is 1. The normalized spacial score (nSPS) is 13.4. The average Bonchev–Trinajstić information content (AvgIpc) is 2.69. The number of rotatable bonds is 3. The van der Waals surface area contributed by atoms with Gasteiger partial charge in [-0.15, -0.1) is 0 Å². The van der Waals surface area contributed by atoms with E-state index in [2.05, 4.69) is 4.98 Å². The first-order valence-electron chi connectivity index (χ1n) is 5.29. The second-order valence-corrected chi connectivity index (χ2v) is 3.88. The molecule has 0 aliphatic heterocycles. The summed E-state index contributed by atoms with van der Waals surface area (Å²) < 4.78 is 43.1. The first-order valence-corrected chi connectivity index (χ1v) is 5.29. The fraction of sp³-hybridized carbons (Fsp3) is 0.333. The molecule has 0 unspecified atom stereocenters.